The molecular formula is C15H15N5O2. The second kappa shape index (κ2) is 7.07. The van der Waals surface area contributed by atoms with Gasteiger partial charge < -0.3 is 10.1 Å². The fourth-order valence-electron chi connectivity index (χ4n) is 1.56. The van der Waals surface area contributed by atoms with Gasteiger partial charge >= 0.3 is 5.96 Å². The molecule has 0 radical (unpaired) electrons. The Morgan fingerprint density at radius 2 is 1.55 bits per heavy atom. The molecule has 2 aromatic carbocycles. The van der Waals surface area contributed by atoms with Crippen molar-refractivity contribution >= 4 is 17.3 Å². The van der Waals surface area contributed by atoms with E-state index >= 15 is 0 Å². The SMILES string of the molecule is Cc1ccc(N=N/C(=N\Nc2ccc(C)cc2)[N+](=O)[O-])cc1. The molecule has 0 aliphatic carbocycles. The normalized spacial score (nSPS) is 11.6. The topological polar surface area (TPSA) is 92.2 Å². The van der Waals surface area contributed by atoms with Gasteiger partial charge in [0.25, 0.3) is 0 Å². The lowest BCUT2D eigenvalue weighted by Crippen LogP contribution is -2.10. The molecule has 0 saturated heterocycles. The van der Waals surface area contributed by atoms with Crippen LogP contribution in [0.25, 0.3) is 0 Å². The molecule has 0 atom stereocenters. The Bertz CT molecular complexity index is 706. The number of rotatable bonds is 3. The minimum atomic E-state index is -0.696. The molecule has 1 N–H and O–H groups in total. The third-order valence-corrected chi connectivity index (χ3v) is 2.79. The van der Waals surface area contributed by atoms with Crippen LogP contribution in [0.15, 0.2) is 63.9 Å². The zero-order chi connectivity index (χ0) is 15.9. The molecule has 0 amide bonds. The van der Waals surface area contributed by atoms with Gasteiger partial charge in [-0.05, 0) is 43.0 Å². The van der Waals surface area contributed by atoms with Crippen molar-refractivity contribution in [2.75, 3.05) is 5.43 Å². The maximum atomic E-state index is 10.9. The van der Waals surface area contributed by atoms with Crippen LogP contribution in [0, 0.1) is 24.0 Å². The molecule has 0 aromatic heterocycles. The summed E-state index contributed by atoms with van der Waals surface area (Å²) in [7, 11) is 0. The van der Waals surface area contributed by atoms with Crippen LogP contribution in [0.4, 0.5) is 11.4 Å². The van der Waals surface area contributed by atoms with Crippen LogP contribution in [0.1, 0.15) is 11.1 Å². The molecule has 22 heavy (non-hydrogen) atoms. The molecule has 2 rings (SSSR count). The lowest BCUT2D eigenvalue weighted by Gasteiger charge is -1.97. The number of hydrazone groups is 1. The van der Waals surface area contributed by atoms with Crippen molar-refractivity contribution in [2.45, 2.75) is 13.8 Å². The number of anilines is 1. The van der Waals surface area contributed by atoms with Crippen molar-refractivity contribution < 1.29 is 4.92 Å². The van der Waals surface area contributed by atoms with Gasteiger partial charge in [-0.2, -0.15) is 0 Å². The molecule has 0 spiro atoms. The summed E-state index contributed by atoms with van der Waals surface area (Å²) in [4.78, 5) is 10.2. The Morgan fingerprint density at radius 3 is 2.09 bits per heavy atom. The molecule has 0 fully saturated rings. The summed E-state index contributed by atoms with van der Waals surface area (Å²) in [6, 6.07) is 14.4. The first-order valence-electron chi connectivity index (χ1n) is 6.58. The lowest BCUT2D eigenvalue weighted by atomic mass is 10.2. The smallest absolute Gasteiger partial charge is 0.390 e. The number of nitro groups is 1. The van der Waals surface area contributed by atoms with Crippen LogP contribution in [0.2, 0.25) is 0 Å². The molecule has 0 aliphatic rings. The number of nitrogens with one attached hydrogen (secondary N) is 1. The van der Waals surface area contributed by atoms with Gasteiger partial charge in [0.05, 0.1) is 10.8 Å². The highest BCUT2D eigenvalue weighted by Gasteiger charge is 2.11. The predicted molar refractivity (Wildman–Crippen MR) is 84.9 cm³/mol. The van der Waals surface area contributed by atoms with Crippen molar-refractivity contribution in [1.29, 1.82) is 0 Å². The maximum Gasteiger partial charge on any atom is 0.511 e. The van der Waals surface area contributed by atoms with Gasteiger partial charge in [0.2, 0.25) is 0 Å². The molecule has 0 heterocycles. The van der Waals surface area contributed by atoms with Crippen molar-refractivity contribution in [1.82, 2.24) is 0 Å². The average molecular weight is 297 g/mol. The second-order valence-electron chi connectivity index (χ2n) is 4.68. The number of aryl methyl sites for hydroxylation is 2. The highest BCUT2D eigenvalue weighted by Crippen LogP contribution is 2.13. The van der Waals surface area contributed by atoms with E-state index in [-0.39, 0.29) is 0 Å². The van der Waals surface area contributed by atoms with Crippen LogP contribution >= 0.6 is 0 Å². The number of azo groups is 1. The molecule has 0 aliphatic heterocycles. The lowest BCUT2D eigenvalue weighted by molar-refractivity contribution is -0.352. The number of hydrogen-bond donors (Lipinski definition) is 1. The van der Waals surface area contributed by atoms with Gasteiger partial charge in [0.1, 0.15) is 5.69 Å². The van der Waals surface area contributed by atoms with Crippen molar-refractivity contribution in [3.05, 3.63) is 69.8 Å². The first-order chi connectivity index (χ1) is 10.5. The second-order valence-corrected chi connectivity index (χ2v) is 4.68. The summed E-state index contributed by atoms with van der Waals surface area (Å²) in [6.45, 7) is 3.89. The molecule has 0 saturated carbocycles. The third kappa shape index (κ3) is 4.48. The molecule has 0 unspecified atom stereocenters. The molecule has 0 bridgehead atoms. The van der Waals surface area contributed by atoms with Gasteiger partial charge in [-0.15, -0.1) is 0 Å². The van der Waals surface area contributed by atoms with Crippen LogP contribution in [-0.2, 0) is 0 Å². The quantitative estimate of drug-likeness (QED) is 0.304. The van der Waals surface area contributed by atoms with E-state index in [1.807, 2.05) is 38.1 Å². The Balaban J connectivity index is 2.12. The minimum absolute atomic E-state index is 0.524. The van der Waals surface area contributed by atoms with Gasteiger partial charge in [-0.3, -0.25) is 0 Å². The van der Waals surface area contributed by atoms with Gasteiger partial charge in [-0.1, -0.05) is 40.5 Å². The summed E-state index contributed by atoms with van der Waals surface area (Å²) < 4.78 is 0. The third-order valence-electron chi connectivity index (χ3n) is 2.79. The standard InChI is InChI=1S/C15H15N5O2/c1-11-3-7-13(8-4-11)16-18-15(20(21)22)19-17-14-9-5-12(2)6-10-14/h3-10,16H,1-2H3/b18-15+,19-17?. The first kappa shape index (κ1) is 15.3. The minimum Gasteiger partial charge on any atom is -0.390 e. The number of guanidine groups is 1. The van der Waals surface area contributed by atoms with Gasteiger partial charge in [-0.25, -0.2) is 5.43 Å². The van der Waals surface area contributed by atoms with E-state index in [0.717, 1.165) is 11.1 Å². The van der Waals surface area contributed by atoms with E-state index in [4.69, 9.17) is 0 Å². The Hall–Kier alpha value is -3.09. The number of nitrogens with zero attached hydrogens (tertiary/aromatic N) is 4. The maximum absolute atomic E-state index is 10.9. The fraction of sp³-hybridized carbons (Fsp3) is 0.133. The molecule has 2 aromatic rings. The van der Waals surface area contributed by atoms with E-state index in [1.54, 1.807) is 24.3 Å². The zero-order valence-electron chi connectivity index (χ0n) is 12.2. The van der Waals surface area contributed by atoms with E-state index in [2.05, 4.69) is 20.8 Å². The van der Waals surface area contributed by atoms with E-state index in [9.17, 15) is 10.1 Å². The number of benzene rings is 2. The fourth-order valence-corrected chi connectivity index (χ4v) is 1.56. The summed E-state index contributed by atoms with van der Waals surface area (Å²) in [6.07, 6.45) is 0. The molecule has 7 heteroatoms. The summed E-state index contributed by atoms with van der Waals surface area (Å²) in [5, 5.41) is 22.0. The Morgan fingerprint density at radius 1 is 1.00 bits per heavy atom. The highest BCUT2D eigenvalue weighted by molar-refractivity contribution is 5.73. The predicted octanol–water partition coefficient (Wildman–Crippen LogP) is 4.05. The van der Waals surface area contributed by atoms with Gasteiger partial charge in [0.15, 0.2) is 0 Å². The van der Waals surface area contributed by atoms with Crippen molar-refractivity contribution in [3.8, 4) is 0 Å². The largest absolute Gasteiger partial charge is 0.511 e. The van der Waals surface area contributed by atoms with E-state index < -0.39 is 10.9 Å². The summed E-state index contributed by atoms with van der Waals surface area (Å²) in [5.74, 6) is -0.610. The van der Waals surface area contributed by atoms with Crippen LogP contribution < -0.4 is 5.43 Å². The average Bonchev–Trinajstić information content (AvgIpc) is 2.50. The first-order valence-corrected chi connectivity index (χ1v) is 6.58. The summed E-state index contributed by atoms with van der Waals surface area (Å²) in [5.41, 5.74) is 5.91. The van der Waals surface area contributed by atoms with Crippen LogP contribution in [0.3, 0.4) is 0 Å². The molecule has 7 nitrogen and oxygen atoms in total. The van der Waals surface area contributed by atoms with Crippen LogP contribution in [-0.4, -0.2) is 10.9 Å². The van der Waals surface area contributed by atoms with E-state index in [1.165, 1.54) is 0 Å². The van der Waals surface area contributed by atoms with Crippen molar-refractivity contribution in [3.63, 3.8) is 0 Å². The zero-order valence-corrected chi connectivity index (χ0v) is 12.2. The van der Waals surface area contributed by atoms with Crippen molar-refractivity contribution in [2.24, 2.45) is 15.3 Å². The molecular weight excluding hydrogens is 282 g/mol. The summed E-state index contributed by atoms with van der Waals surface area (Å²) >= 11 is 0. The van der Waals surface area contributed by atoms with Gasteiger partial charge in [0, 0.05) is 5.10 Å². The highest BCUT2D eigenvalue weighted by atomic mass is 16.6. The Kier molecular flexibility index (Phi) is 4.92. The Labute approximate surface area is 127 Å². The van der Waals surface area contributed by atoms with Crippen LogP contribution in [0.5, 0.6) is 0 Å². The van der Waals surface area contributed by atoms with E-state index in [0.29, 0.717) is 11.4 Å². The molecule has 112 valence electrons. The monoisotopic (exact) mass is 297 g/mol. The number of hydrogen-bond acceptors (Lipinski definition) is 5.